The van der Waals surface area contributed by atoms with E-state index in [0.717, 1.165) is 45.4 Å². The van der Waals surface area contributed by atoms with E-state index in [2.05, 4.69) is 10.2 Å². The van der Waals surface area contributed by atoms with Crippen molar-refractivity contribution in [2.24, 2.45) is 0 Å². The van der Waals surface area contributed by atoms with Gasteiger partial charge in [0, 0.05) is 25.7 Å². The van der Waals surface area contributed by atoms with Gasteiger partial charge in [0.25, 0.3) is 0 Å². The van der Waals surface area contributed by atoms with Crippen molar-refractivity contribution in [1.82, 2.24) is 15.1 Å². The van der Waals surface area contributed by atoms with Crippen LogP contribution in [0.4, 0.5) is 0 Å². The molecule has 0 spiro atoms. The average molecular weight is 269 g/mol. The molecule has 0 radical (unpaired) electrons. The Morgan fingerprint density at radius 1 is 1.21 bits per heavy atom. The van der Waals surface area contributed by atoms with Crippen molar-refractivity contribution < 1.29 is 9.90 Å². The zero-order valence-corrected chi connectivity index (χ0v) is 11.8. The topological polar surface area (TPSA) is 55.8 Å². The minimum atomic E-state index is 0.0732. The lowest BCUT2D eigenvalue weighted by Crippen LogP contribution is -2.46. The summed E-state index contributed by atoms with van der Waals surface area (Å²) in [6.45, 7) is 5.04. The SMILES string of the molecule is O=C(CN1CCCNCC1)N(CCO)C1CCCC1. The number of nitrogens with zero attached hydrogens (tertiary/aromatic N) is 2. The molecule has 0 aromatic carbocycles. The van der Waals surface area contributed by atoms with Crippen molar-refractivity contribution in [2.45, 2.75) is 38.1 Å². The molecule has 2 fully saturated rings. The van der Waals surface area contributed by atoms with Crippen LogP contribution in [0.1, 0.15) is 32.1 Å². The van der Waals surface area contributed by atoms with Gasteiger partial charge in [-0.2, -0.15) is 0 Å². The van der Waals surface area contributed by atoms with Gasteiger partial charge in [-0.3, -0.25) is 9.69 Å². The summed E-state index contributed by atoms with van der Waals surface area (Å²) in [5.41, 5.74) is 0. The summed E-state index contributed by atoms with van der Waals surface area (Å²) in [7, 11) is 0. The molecule has 1 aliphatic heterocycles. The second-order valence-electron chi connectivity index (χ2n) is 5.63. The molecule has 0 aromatic heterocycles. The van der Waals surface area contributed by atoms with E-state index in [4.69, 9.17) is 0 Å². The molecule has 1 amide bonds. The molecular formula is C14H27N3O2. The standard InChI is InChI=1S/C14H27N3O2/c18-11-10-17(13-4-1-2-5-13)14(19)12-16-8-3-6-15-7-9-16/h13,15,18H,1-12H2. The Morgan fingerprint density at radius 2 is 2.00 bits per heavy atom. The fourth-order valence-corrected chi connectivity index (χ4v) is 3.18. The summed E-state index contributed by atoms with van der Waals surface area (Å²) in [5, 5.41) is 12.5. The van der Waals surface area contributed by atoms with E-state index in [1.165, 1.54) is 12.8 Å². The van der Waals surface area contributed by atoms with Crippen molar-refractivity contribution in [1.29, 1.82) is 0 Å². The molecule has 0 atom stereocenters. The first kappa shape index (κ1) is 14.8. The van der Waals surface area contributed by atoms with Crippen LogP contribution in [0, 0.1) is 0 Å². The number of aliphatic hydroxyl groups excluding tert-OH is 1. The summed E-state index contributed by atoms with van der Waals surface area (Å²) < 4.78 is 0. The van der Waals surface area contributed by atoms with Gasteiger partial charge in [-0.05, 0) is 32.4 Å². The minimum absolute atomic E-state index is 0.0732. The molecular weight excluding hydrogens is 242 g/mol. The number of hydrogen-bond acceptors (Lipinski definition) is 4. The molecule has 1 saturated carbocycles. The molecule has 2 N–H and O–H groups in total. The molecule has 0 unspecified atom stereocenters. The Bertz CT molecular complexity index is 272. The van der Waals surface area contributed by atoms with Gasteiger partial charge in [0.15, 0.2) is 0 Å². The van der Waals surface area contributed by atoms with Gasteiger partial charge in [-0.15, -0.1) is 0 Å². The van der Waals surface area contributed by atoms with Crippen LogP contribution >= 0.6 is 0 Å². The highest BCUT2D eigenvalue weighted by Gasteiger charge is 2.27. The largest absolute Gasteiger partial charge is 0.395 e. The monoisotopic (exact) mass is 269 g/mol. The predicted octanol–water partition coefficient (Wildman–Crippen LogP) is 0.0452. The summed E-state index contributed by atoms with van der Waals surface area (Å²) >= 11 is 0. The van der Waals surface area contributed by atoms with Crippen LogP contribution in [0.3, 0.4) is 0 Å². The number of rotatable bonds is 5. The van der Waals surface area contributed by atoms with Crippen LogP contribution in [-0.4, -0.2) is 72.7 Å². The molecule has 19 heavy (non-hydrogen) atoms. The molecule has 0 bridgehead atoms. The summed E-state index contributed by atoms with van der Waals surface area (Å²) in [4.78, 5) is 16.6. The molecule has 1 heterocycles. The smallest absolute Gasteiger partial charge is 0.237 e. The summed E-state index contributed by atoms with van der Waals surface area (Å²) in [6.07, 6.45) is 5.75. The van der Waals surface area contributed by atoms with Crippen LogP contribution in [0.5, 0.6) is 0 Å². The zero-order chi connectivity index (χ0) is 13.5. The highest BCUT2D eigenvalue weighted by molar-refractivity contribution is 5.78. The third kappa shape index (κ3) is 4.44. The lowest BCUT2D eigenvalue weighted by atomic mass is 10.2. The van der Waals surface area contributed by atoms with E-state index >= 15 is 0 Å². The average Bonchev–Trinajstić information content (AvgIpc) is 2.81. The summed E-state index contributed by atoms with van der Waals surface area (Å²) in [5.74, 6) is 0.197. The Morgan fingerprint density at radius 3 is 2.74 bits per heavy atom. The Labute approximate surface area is 115 Å². The normalized spacial score (nSPS) is 22.4. The molecule has 2 aliphatic rings. The van der Waals surface area contributed by atoms with Gasteiger partial charge in [0.2, 0.25) is 5.91 Å². The quantitative estimate of drug-likeness (QED) is 0.740. The third-order valence-electron chi connectivity index (χ3n) is 4.22. The lowest BCUT2D eigenvalue weighted by Gasteiger charge is -2.30. The second kappa shape index (κ2) is 7.82. The molecule has 5 nitrogen and oxygen atoms in total. The van der Waals surface area contributed by atoms with Crippen molar-refractivity contribution >= 4 is 5.91 Å². The highest BCUT2D eigenvalue weighted by atomic mass is 16.3. The third-order valence-corrected chi connectivity index (χ3v) is 4.22. The van der Waals surface area contributed by atoms with Crippen LogP contribution in [0.15, 0.2) is 0 Å². The maximum absolute atomic E-state index is 12.5. The van der Waals surface area contributed by atoms with Gasteiger partial charge >= 0.3 is 0 Å². The first-order valence-electron chi connectivity index (χ1n) is 7.64. The van der Waals surface area contributed by atoms with E-state index in [9.17, 15) is 9.90 Å². The van der Waals surface area contributed by atoms with Gasteiger partial charge in [-0.25, -0.2) is 0 Å². The number of hydrogen-bond donors (Lipinski definition) is 2. The van der Waals surface area contributed by atoms with E-state index in [1.54, 1.807) is 0 Å². The molecule has 1 saturated heterocycles. The van der Waals surface area contributed by atoms with Crippen molar-refractivity contribution in [3.05, 3.63) is 0 Å². The number of nitrogens with one attached hydrogen (secondary N) is 1. The van der Waals surface area contributed by atoms with Crippen LogP contribution in [0.25, 0.3) is 0 Å². The predicted molar refractivity (Wildman–Crippen MR) is 75.0 cm³/mol. The Balaban J connectivity index is 1.86. The van der Waals surface area contributed by atoms with E-state index in [-0.39, 0.29) is 12.5 Å². The second-order valence-corrected chi connectivity index (χ2v) is 5.63. The molecule has 1 aliphatic carbocycles. The Kier molecular flexibility index (Phi) is 6.07. The summed E-state index contributed by atoms with van der Waals surface area (Å²) in [6, 6.07) is 0.366. The maximum Gasteiger partial charge on any atom is 0.237 e. The van der Waals surface area contributed by atoms with Crippen molar-refractivity contribution in [3.8, 4) is 0 Å². The van der Waals surface area contributed by atoms with Gasteiger partial charge in [0.05, 0.1) is 13.2 Å². The Hall–Kier alpha value is -0.650. The highest BCUT2D eigenvalue weighted by Crippen LogP contribution is 2.23. The fraction of sp³-hybridized carbons (Fsp3) is 0.929. The first-order valence-corrected chi connectivity index (χ1v) is 7.64. The number of carbonyl (C=O) groups excluding carboxylic acids is 1. The van der Waals surface area contributed by atoms with Crippen LogP contribution in [-0.2, 0) is 4.79 Å². The molecule has 5 heteroatoms. The molecule has 0 aromatic rings. The van der Waals surface area contributed by atoms with Gasteiger partial charge in [0.1, 0.15) is 0 Å². The van der Waals surface area contributed by atoms with Gasteiger partial charge in [-0.1, -0.05) is 12.8 Å². The van der Waals surface area contributed by atoms with E-state index < -0.39 is 0 Å². The van der Waals surface area contributed by atoms with Crippen molar-refractivity contribution in [3.63, 3.8) is 0 Å². The van der Waals surface area contributed by atoms with Crippen LogP contribution in [0.2, 0.25) is 0 Å². The van der Waals surface area contributed by atoms with Crippen LogP contribution < -0.4 is 5.32 Å². The zero-order valence-electron chi connectivity index (χ0n) is 11.8. The van der Waals surface area contributed by atoms with Crippen molar-refractivity contribution in [2.75, 3.05) is 45.9 Å². The molecule has 110 valence electrons. The first-order chi connectivity index (χ1) is 9.31. The fourth-order valence-electron chi connectivity index (χ4n) is 3.18. The maximum atomic E-state index is 12.5. The molecule has 2 rings (SSSR count). The minimum Gasteiger partial charge on any atom is -0.395 e. The number of amides is 1. The van der Waals surface area contributed by atoms with E-state index in [1.807, 2.05) is 4.90 Å². The van der Waals surface area contributed by atoms with E-state index in [0.29, 0.717) is 19.1 Å². The number of carbonyl (C=O) groups is 1. The van der Waals surface area contributed by atoms with Gasteiger partial charge < -0.3 is 15.3 Å². The number of aliphatic hydroxyl groups is 1. The lowest BCUT2D eigenvalue weighted by molar-refractivity contribution is -0.135.